The van der Waals surface area contributed by atoms with Crippen LogP contribution in [0, 0.1) is 28.6 Å². The smallest absolute Gasteiger partial charge is 0.328 e. The van der Waals surface area contributed by atoms with E-state index in [0.717, 1.165) is 12.0 Å². The van der Waals surface area contributed by atoms with Crippen molar-refractivity contribution in [3.63, 3.8) is 0 Å². The summed E-state index contributed by atoms with van der Waals surface area (Å²) in [6.07, 6.45) is 4.52. The van der Waals surface area contributed by atoms with Crippen molar-refractivity contribution in [1.82, 2.24) is 5.32 Å². The molecule has 0 unspecified atom stereocenters. The highest BCUT2D eigenvalue weighted by atomic mass is 16.5. The lowest BCUT2D eigenvalue weighted by Gasteiger charge is -2.59. The van der Waals surface area contributed by atoms with Gasteiger partial charge in [0.1, 0.15) is 5.60 Å². The van der Waals surface area contributed by atoms with Crippen LogP contribution in [-0.4, -0.2) is 80.3 Å². The van der Waals surface area contributed by atoms with E-state index in [1.807, 2.05) is 19.9 Å². The monoisotopic (exact) mass is 561 g/mol. The molecule has 0 aromatic rings. The number of hydrogen-bond acceptors (Lipinski definition) is 9. The third kappa shape index (κ3) is 5.03. The van der Waals surface area contributed by atoms with Gasteiger partial charge in [-0.25, -0.2) is 4.79 Å². The first-order valence-corrected chi connectivity index (χ1v) is 13.9. The number of fused-ring (bicyclic) bond motifs is 5. The van der Waals surface area contributed by atoms with Crippen molar-refractivity contribution < 1.29 is 49.1 Å². The number of aliphatic hydroxyl groups is 3. The van der Waals surface area contributed by atoms with E-state index < -0.39 is 77.8 Å². The third-order valence-electron chi connectivity index (χ3n) is 10.1. The van der Waals surface area contributed by atoms with E-state index >= 15 is 0 Å². The highest BCUT2D eigenvalue weighted by Crippen LogP contribution is 2.67. The maximum absolute atomic E-state index is 13.3. The minimum absolute atomic E-state index is 0.0351. The van der Waals surface area contributed by atoms with Crippen molar-refractivity contribution in [2.75, 3.05) is 6.61 Å². The second-order valence-corrected chi connectivity index (χ2v) is 12.3. The van der Waals surface area contributed by atoms with Crippen molar-refractivity contribution in [3.05, 3.63) is 23.8 Å². The Hall–Kier alpha value is -2.89. The second-order valence-electron chi connectivity index (χ2n) is 12.3. The molecule has 4 aliphatic rings. The zero-order chi connectivity index (χ0) is 29.6. The molecule has 0 spiro atoms. The molecule has 5 N–H and O–H groups in total. The largest absolute Gasteiger partial charge is 0.480 e. The number of allylic oxidation sites excluding steroid dienone is 4. The molecule has 3 saturated carbocycles. The van der Waals surface area contributed by atoms with Crippen LogP contribution >= 0.6 is 0 Å². The number of esters is 1. The van der Waals surface area contributed by atoms with Gasteiger partial charge in [0.25, 0.3) is 0 Å². The second kappa shape index (κ2) is 10.8. The molecular formula is C29H39NO10. The van der Waals surface area contributed by atoms with Gasteiger partial charge in [0.15, 0.2) is 18.4 Å². The molecule has 40 heavy (non-hydrogen) atoms. The number of carboxylic acids is 1. The van der Waals surface area contributed by atoms with Crippen molar-refractivity contribution in [1.29, 1.82) is 0 Å². The molecule has 3 fully saturated rings. The van der Waals surface area contributed by atoms with Gasteiger partial charge in [-0.15, -0.1) is 0 Å². The molecule has 11 nitrogen and oxygen atoms in total. The Bertz CT molecular complexity index is 1160. The summed E-state index contributed by atoms with van der Waals surface area (Å²) in [5, 5.41) is 43.8. The highest BCUT2D eigenvalue weighted by molar-refractivity contribution is 6.01. The summed E-state index contributed by atoms with van der Waals surface area (Å²) in [5.41, 5.74) is -2.19. The number of aliphatic carboxylic acids is 1. The van der Waals surface area contributed by atoms with Gasteiger partial charge in [0.05, 0.1) is 18.6 Å². The van der Waals surface area contributed by atoms with E-state index in [-0.39, 0.29) is 36.4 Å². The van der Waals surface area contributed by atoms with Crippen LogP contribution in [0.2, 0.25) is 0 Å². The van der Waals surface area contributed by atoms with E-state index in [1.54, 1.807) is 12.2 Å². The Morgan fingerprint density at radius 2 is 1.88 bits per heavy atom. The predicted octanol–water partition coefficient (Wildman–Crippen LogP) is 0.839. The molecule has 11 heteroatoms. The first-order valence-electron chi connectivity index (χ1n) is 13.9. The Kier molecular flexibility index (Phi) is 8.14. The maximum Gasteiger partial charge on any atom is 0.328 e. The summed E-state index contributed by atoms with van der Waals surface area (Å²) in [7, 11) is 0. The zero-order valence-corrected chi connectivity index (χ0v) is 23.1. The van der Waals surface area contributed by atoms with E-state index in [9.17, 15) is 39.3 Å². The maximum atomic E-state index is 13.3. The van der Waals surface area contributed by atoms with Crippen LogP contribution in [0.15, 0.2) is 23.8 Å². The standard InChI is InChI=1S/C29H39NO10/c1-15(31)25(26(37)38)30-22(35)6-7-23(36)40-14-21(34)29(39)11-9-19-18-5-4-16-12-17(32)8-10-27(16,2)24(18)20(33)13-28(19,29)3/h8,10,12,15,18-20,24-25,31,33,39H,4-7,9,11,13-14H2,1-3H3,(H,30,35)(H,37,38)/t15-,18-,19+,20-,24-,25-,27-,28-,29-/m0/s1. The summed E-state index contributed by atoms with van der Waals surface area (Å²) in [6.45, 7) is 4.39. The van der Waals surface area contributed by atoms with E-state index in [4.69, 9.17) is 9.84 Å². The van der Waals surface area contributed by atoms with Gasteiger partial charge in [-0.1, -0.05) is 25.5 Å². The average molecular weight is 562 g/mol. The van der Waals surface area contributed by atoms with Gasteiger partial charge in [0.2, 0.25) is 11.7 Å². The molecule has 9 atom stereocenters. The molecular weight excluding hydrogens is 522 g/mol. The van der Waals surface area contributed by atoms with Crippen molar-refractivity contribution in [2.24, 2.45) is 28.6 Å². The van der Waals surface area contributed by atoms with Gasteiger partial charge >= 0.3 is 11.9 Å². The number of ether oxygens (including phenoxy) is 1. The fraction of sp³-hybridized carbons (Fsp3) is 0.690. The molecule has 1 amide bonds. The molecule has 4 rings (SSSR count). The average Bonchev–Trinajstić information content (AvgIpc) is 3.15. The van der Waals surface area contributed by atoms with Crippen LogP contribution in [0.1, 0.15) is 65.7 Å². The highest BCUT2D eigenvalue weighted by Gasteiger charge is 2.68. The number of nitrogens with one attached hydrogen (secondary N) is 1. The Morgan fingerprint density at radius 3 is 2.52 bits per heavy atom. The van der Waals surface area contributed by atoms with Crippen LogP contribution in [0.3, 0.4) is 0 Å². The topological polar surface area (TPSA) is 188 Å². The Labute approximate surface area is 232 Å². The molecule has 220 valence electrons. The van der Waals surface area contributed by atoms with Gasteiger partial charge in [0, 0.05) is 23.2 Å². The first kappa shape index (κ1) is 30.1. The molecule has 0 aromatic heterocycles. The van der Waals surface area contributed by atoms with Gasteiger partial charge in [-0.3, -0.25) is 19.2 Å². The normalized spacial score (nSPS) is 37.8. The fourth-order valence-corrected chi connectivity index (χ4v) is 7.98. The van der Waals surface area contributed by atoms with Crippen LogP contribution in [0.4, 0.5) is 0 Å². The number of aliphatic hydroxyl groups excluding tert-OH is 2. The number of Topliss-reactive ketones (excluding diaryl/α,β-unsaturated/α-hetero) is 1. The molecule has 0 saturated heterocycles. The van der Waals surface area contributed by atoms with E-state index in [2.05, 4.69) is 5.32 Å². The molecule has 4 aliphatic carbocycles. The number of carbonyl (C=O) groups excluding carboxylic acids is 4. The zero-order valence-electron chi connectivity index (χ0n) is 23.1. The third-order valence-corrected chi connectivity index (χ3v) is 10.1. The van der Waals surface area contributed by atoms with Gasteiger partial charge in [-0.2, -0.15) is 0 Å². The molecule has 0 heterocycles. The summed E-state index contributed by atoms with van der Waals surface area (Å²) in [6, 6.07) is -1.52. The number of amides is 1. The summed E-state index contributed by atoms with van der Waals surface area (Å²) < 4.78 is 5.08. The van der Waals surface area contributed by atoms with Gasteiger partial charge < -0.3 is 30.5 Å². The lowest BCUT2D eigenvalue weighted by atomic mass is 9.46. The summed E-state index contributed by atoms with van der Waals surface area (Å²) in [4.78, 5) is 60.6. The van der Waals surface area contributed by atoms with Crippen LogP contribution in [0.25, 0.3) is 0 Å². The molecule has 0 bridgehead atoms. The van der Waals surface area contributed by atoms with E-state index in [0.29, 0.717) is 12.8 Å². The Balaban J connectivity index is 1.38. The predicted molar refractivity (Wildman–Crippen MR) is 139 cm³/mol. The number of carboxylic acid groups (broad SMARTS) is 1. The van der Waals surface area contributed by atoms with Gasteiger partial charge in [-0.05, 0) is 63.0 Å². The molecule has 0 aliphatic heterocycles. The first-order chi connectivity index (χ1) is 18.6. The van der Waals surface area contributed by atoms with Crippen molar-refractivity contribution in [2.45, 2.75) is 89.6 Å². The fourth-order valence-electron chi connectivity index (χ4n) is 7.98. The number of rotatable bonds is 9. The quantitative estimate of drug-likeness (QED) is 0.252. The number of carbonyl (C=O) groups is 5. The summed E-state index contributed by atoms with van der Waals surface area (Å²) in [5.74, 6) is -3.93. The number of ketones is 2. The SMILES string of the molecule is C[C@H](O)[C@H](NC(=O)CCC(=O)OCC(=O)[C@@]1(O)CC[C@@H]2[C@@H]3CCC4=CC(=O)C=C[C@]4(C)[C@@H]3[C@@H](O)C[C@@]21C)C(=O)O. The van der Waals surface area contributed by atoms with Crippen molar-refractivity contribution >= 4 is 29.4 Å². The Morgan fingerprint density at radius 1 is 1.18 bits per heavy atom. The van der Waals surface area contributed by atoms with E-state index in [1.165, 1.54) is 6.92 Å². The lowest BCUT2D eigenvalue weighted by molar-refractivity contribution is -0.181. The molecule has 0 radical (unpaired) electrons. The minimum Gasteiger partial charge on any atom is -0.480 e. The van der Waals surface area contributed by atoms with Crippen molar-refractivity contribution in [3.8, 4) is 0 Å². The van der Waals surface area contributed by atoms with Crippen LogP contribution in [-0.2, 0) is 28.7 Å². The lowest BCUT2D eigenvalue weighted by Crippen LogP contribution is -2.61. The van der Waals surface area contributed by atoms with Crippen LogP contribution < -0.4 is 5.32 Å². The summed E-state index contributed by atoms with van der Waals surface area (Å²) >= 11 is 0. The minimum atomic E-state index is -1.80. The van der Waals surface area contributed by atoms with Crippen LogP contribution in [0.5, 0.6) is 0 Å². The molecule has 0 aromatic carbocycles. The number of hydrogen-bond donors (Lipinski definition) is 5.